The Kier molecular flexibility index (Phi) is 5.32. The third-order valence-corrected chi connectivity index (χ3v) is 1.44. The second kappa shape index (κ2) is 5.74. The smallest absolute Gasteiger partial charge is 0.219 e. The van der Waals surface area contributed by atoms with Crippen LogP contribution in [0.3, 0.4) is 0 Å². The Bertz CT molecular complexity index is 158. The second-order valence-electron chi connectivity index (χ2n) is 2.55. The molecule has 0 bridgehead atoms. The first kappa shape index (κ1) is 11.1. The van der Waals surface area contributed by atoms with E-state index in [0.29, 0.717) is 6.54 Å². The monoisotopic (exact) mass is 173 g/mol. The molecule has 0 aromatic heterocycles. The van der Waals surface area contributed by atoms with Crippen molar-refractivity contribution < 1.29 is 15.0 Å². The van der Waals surface area contributed by atoms with Crippen LogP contribution < -0.4 is 0 Å². The second-order valence-corrected chi connectivity index (χ2v) is 2.55. The molecule has 0 aliphatic carbocycles. The maximum atomic E-state index is 10.9. The van der Waals surface area contributed by atoms with Gasteiger partial charge in [-0.15, -0.1) is 6.58 Å². The summed E-state index contributed by atoms with van der Waals surface area (Å²) in [4.78, 5) is 12.3. The highest BCUT2D eigenvalue weighted by atomic mass is 16.3. The highest BCUT2D eigenvalue weighted by molar-refractivity contribution is 5.73. The van der Waals surface area contributed by atoms with Crippen molar-refractivity contribution in [2.45, 2.75) is 13.0 Å². The molecule has 0 heterocycles. The van der Waals surface area contributed by atoms with E-state index in [1.54, 1.807) is 6.08 Å². The molecule has 0 fully saturated rings. The van der Waals surface area contributed by atoms with Crippen LogP contribution in [0.4, 0.5) is 0 Å². The molecule has 1 unspecified atom stereocenters. The van der Waals surface area contributed by atoms with Crippen molar-refractivity contribution in [3.8, 4) is 0 Å². The topological polar surface area (TPSA) is 60.8 Å². The van der Waals surface area contributed by atoms with Gasteiger partial charge in [-0.3, -0.25) is 4.79 Å². The molecule has 0 aromatic carbocycles. The van der Waals surface area contributed by atoms with Gasteiger partial charge in [0.2, 0.25) is 5.91 Å². The highest BCUT2D eigenvalue weighted by Crippen LogP contribution is 1.93. The predicted molar refractivity (Wildman–Crippen MR) is 45.5 cm³/mol. The average Bonchev–Trinajstić information content (AvgIpc) is 2.03. The summed E-state index contributed by atoms with van der Waals surface area (Å²) in [6, 6.07) is 0. The minimum absolute atomic E-state index is 0.137. The number of aliphatic hydroxyl groups excluding tert-OH is 2. The van der Waals surface area contributed by atoms with Crippen LogP contribution in [-0.2, 0) is 4.79 Å². The summed E-state index contributed by atoms with van der Waals surface area (Å²) < 4.78 is 0. The Hall–Kier alpha value is -0.870. The van der Waals surface area contributed by atoms with Gasteiger partial charge in [0, 0.05) is 20.0 Å². The lowest BCUT2D eigenvalue weighted by Gasteiger charge is -2.21. The first-order chi connectivity index (χ1) is 5.61. The van der Waals surface area contributed by atoms with Gasteiger partial charge in [0.05, 0.1) is 12.7 Å². The van der Waals surface area contributed by atoms with E-state index in [4.69, 9.17) is 10.2 Å². The minimum Gasteiger partial charge on any atom is -0.394 e. The van der Waals surface area contributed by atoms with Crippen molar-refractivity contribution in [1.29, 1.82) is 0 Å². The minimum atomic E-state index is -0.867. The molecule has 4 heteroatoms. The molecular formula is C8H15NO3. The van der Waals surface area contributed by atoms with Crippen LogP contribution in [0.15, 0.2) is 12.7 Å². The van der Waals surface area contributed by atoms with Crippen molar-refractivity contribution in [3.05, 3.63) is 12.7 Å². The van der Waals surface area contributed by atoms with Gasteiger partial charge in [-0.2, -0.15) is 0 Å². The molecule has 0 spiro atoms. The van der Waals surface area contributed by atoms with Crippen LogP contribution in [-0.4, -0.2) is 46.8 Å². The number of carbonyl (C=O) groups is 1. The fourth-order valence-electron chi connectivity index (χ4n) is 0.800. The average molecular weight is 173 g/mol. The molecule has 0 saturated heterocycles. The molecule has 0 saturated carbocycles. The Morgan fingerprint density at radius 3 is 2.67 bits per heavy atom. The standard InChI is InChI=1S/C8H15NO3/c1-3-4-9(7(2)11)5-8(12)6-10/h3,8,10,12H,1,4-6H2,2H3. The maximum absolute atomic E-state index is 10.9. The lowest BCUT2D eigenvalue weighted by atomic mass is 10.3. The van der Waals surface area contributed by atoms with Gasteiger partial charge >= 0.3 is 0 Å². The third-order valence-electron chi connectivity index (χ3n) is 1.44. The quantitative estimate of drug-likeness (QED) is 0.544. The molecule has 0 aliphatic rings. The van der Waals surface area contributed by atoms with Gasteiger partial charge in [-0.1, -0.05) is 6.08 Å². The number of hydrogen-bond acceptors (Lipinski definition) is 3. The van der Waals surface area contributed by atoms with Gasteiger partial charge in [-0.05, 0) is 0 Å². The molecule has 0 aliphatic heterocycles. The van der Waals surface area contributed by atoms with Crippen molar-refractivity contribution in [2.75, 3.05) is 19.7 Å². The van der Waals surface area contributed by atoms with E-state index >= 15 is 0 Å². The van der Waals surface area contributed by atoms with E-state index in [9.17, 15) is 4.79 Å². The van der Waals surface area contributed by atoms with E-state index in [2.05, 4.69) is 6.58 Å². The molecule has 0 rings (SSSR count). The number of amides is 1. The first-order valence-corrected chi connectivity index (χ1v) is 3.77. The number of rotatable bonds is 5. The van der Waals surface area contributed by atoms with Gasteiger partial charge in [0.1, 0.15) is 0 Å². The summed E-state index contributed by atoms with van der Waals surface area (Å²) in [5, 5.41) is 17.5. The normalized spacial score (nSPS) is 12.2. The van der Waals surface area contributed by atoms with Crippen molar-refractivity contribution >= 4 is 5.91 Å². The SMILES string of the molecule is C=CCN(CC(O)CO)C(C)=O. The molecule has 1 atom stereocenters. The van der Waals surface area contributed by atoms with E-state index in [0.717, 1.165) is 0 Å². The van der Waals surface area contributed by atoms with E-state index in [-0.39, 0.29) is 19.1 Å². The van der Waals surface area contributed by atoms with Gasteiger partial charge < -0.3 is 15.1 Å². The van der Waals surface area contributed by atoms with Crippen LogP contribution in [0.25, 0.3) is 0 Å². The fraction of sp³-hybridized carbons (Fsp3) is 0.625. The van der Waals surface area contributed by atoms with Crippen LogP contribution in [0, 0.1) is 0 Å². The number of aliphatic hydroxyl groups is 2. The highest BCUT2D eigenvalue weighted by Gasteiger charge is 2.11. The molecular weight excluding hydrogens is 158 g/mol. The molecule has 1 amide bonds. The van der Waals surface area contributed by atoms with E-state index in [1.807, 2.05) is 0 Å². The van der Waals surface area contributed by atoms with Crippen molar-refractivity contribution in [2.24, 2.45) is 0 Å². The summed E-state index contributed by atoms with van der Waals surface area (Å²) in [5.74, 6) is -0.137. The molecule has 0 aromatic rings. The third kappa shape index (κ3) is 4.10. The number of hydrogen-bond donors (Lipinski definition) is 2. The summed E-state index contributed by atoms with van der Waals surface area (Å²) >= 11 is 0. The zero-order valence-corrected chi connectivity index (χ0v) is 7.23. The first-order valence-electron chi connectivity index (χ1n) is 3.77. The fourth-order valence-corrected chi connectivity index (χ4v) is 0.800. The summed E-state index contributed by atoms with van der Waals surface area (Å²) in [5.41, 5.74) is 0. The molecule has 70 valence electrons. The predicted octanol–water partition coefficient (Wildman–Crippen LogP) is -0.626. The lowest BCUT2D eigenvalue weighted by molar-refractivity contribution is -0.130. The lowest BCUT2D eigenvalue weighted by Crippen LogP contribution is -2.37. The van der Waals surface area contributed by atoms with Crippen LogP contribution >= 0.6 is 0 Å². The van der Waals surface area contributed by atoms with Gasteiger partial charge in [0.25, 0.3) is 0 Å². The van der Waals surface area contributed by atoms with Gasteiger partial charge in [-0.25, -0.2) is 0 Å². The molecule has 0 radical (unpaired) electrons. The largest absolute Gasteiger partial charge is 0.394 e. The Labute approximate surface area is 72.1 Å². The maximum Gasteiger partial charge on any atom is 0.219 e. The summed E-state index contributed by atoms with van der Waals surface area (Å²) in [7, 11) is 0. The molecule has 2 N–H and O–H groups in total. The molecule has 12 heavy (non-hydrogen) atoms. The van der Waals surface area contributed by atoms with Gasteiger partial charge in [0.15, 0.2) is 0 Å². The molecule has 4 nitrogen and oxygen atoms in total. The van der Waals surface area contributed by atoms with Crippen LogP contribution in [0.2, 0.25) is 0 Å². The Morgan fingerprint density at radius 1 is 1.75 bits per heavy atom. The zero-order chi connectivity index (χ0) is 9.56. The number of carbonyl (C=O) groups excluding carboxylic acids is 1. The van der Waals surface area contributed by atoms with Crippen LogP contribution in [0.5, 0.6) is 0 Å². The Morgan fingerprint density at radius 2 is 2.33 bits per heavy atom. The zero-order valence-electron chi connectivity index (χ0n) is 7.23. The van der Waals surface area contributed by atoms with Crippen LogP contribution in [0.1, 0.15) is 6.92 Å². The van der Waals surface area contributed by atoms with Crippen molar-refractivity contribution in [3.63, 3.8) is 0 Å². The van der Waals surface area contributed by atoms with E-state index in [1.165, 1.54) is 11.8 Å². The van der Waals surface area contributed by atoms with Crippen molar-refractivity contribution in [1.82, 2.24) is 4.90 Å². The Balaban J connectivity index is 3.94. The number of nitrogens with zero attached hydrogens (tertiary/aromatic N) is 1. The summed E-state index contributed by atoms with van der Waals surface area (Å²) in [6.45, 7) is 5.10. The summed E-state index contributed by atoms with van der Waals surface area (Å²) in [6.07, 6.45) is 0.708. The van der Waals surface area contributed by atoms with E-state index < -0.39 is 6.10 Å².